The Morgan fingerprint density at radius 1 is 0.438 bits per heavy atom. The Balaban J connectivity index is 0.000000230. The number of rotatable bonds is 0. The lowest BCUT2D eigenvalue weighted by atomic mass is 10.2. The van der Waals surface area contributed by atoms with Crippen molar-refractivity contribution in [3.63, 3.8) is 0 Å². The number of nitrogens with one attached hydrogen (secondary N) is 2. The van der Waals surface area contributed by atoms with Crippen LogP contribution in [0.15, 0.2) is 72.8 Å². The van der Waals surface area contributed by atoms with Crippen LogP contribution in [0, 0.1) is 0 Å². The van der Waals surface area contributed by atoms with Crippen LogP contribution < -0.4 is 0 Å². The summed E-state index contributed by atoms with van der Waals surface area (Å²) < 4.78 is 0. The van der Waals surface area contributed by atoms with Gasteiger partial charge >= 0.3 is 0 Å². The number of aromatic amines is 2. The first-order chi connectivity index (χ1) is 15.6. The molecular formula is C26H18N4O2. The van der Waals surface area contributed by atoms with Crippen LogP contribution in [0.2, 0.25) is 0 Å². The van der Waals surface area contributed by atoms with E-state index >= 15 is 0 Å². The van der Waals surface area contributed by atoms with Gasteiger partial charge in [0.2, 0.25) is 0 Å². The molecule has 6 heteroatoms. The fraction of sp³-hybridized carbons (Fsp3) is 0. The number of carbonyl (C=O) groups is 2. The van der Waals surface area contributed by atoms with E-state index in [1.165, 1.54) is 24.3 Å². The van der Waals surface area contributed by atoms with Gasteiger partial charge in [0.15, 0.2) is 11.6 Å². The van der Waals surface area contributed by atoms with Crippen LogP contribution in [-0.2, 0) is 9.59 Å². The molecule has 0 spiro atoms. The number of hydrogen-bond donors (Lipinski definition) is 2. The Hall–Kier alpha value is -4.58. The van der Waals surface area contributed by atoms with Crippen molar-refractivity contribution >= 4 is 57.9 Å². The Labute approximate surface area is 183 Å². The van der Waals surface area contributed by atoms with Gasteiger partial charge in [0, 0.05) is 22.1 Å². The molecule has 5 heterocycles. The van der Waals surface area contributed by atoms with Gasteiger partial charge in [-0.3, -0.25) is 9.59 Å². The van der Waals surface area contributed by atoms with Gasteiger partial charge in [0.25, 0.3) is 0 Å². The fourth-order valence-electron chi connectivity index (χ4n) is 3.38. The summed E-state index contributed by atoms with van der Waals surface area (Å²) in [6.07, 6.45) is 13.1. The number of nitrogens with zero attached hydrogens (tertiary/aromatic N) is 2. The van der Waals surface area contributed by atoms with E-state index in [1.807, 2.05) is 42.5 Å². The van der Waals surface area contributed by atoms with Gasteiger partial charge in [-0.1, -0.05) is 0 Å². The molecule has 32 heavy (non-hydrogen) atoms. The summed E-state index contributed by atoms with van der Waals surface area (Å²) >= 11 is 0. The number of ketones is 2. The molecule has 3 aromatic rings. The molecule has 3 aliphatic rings. The molecule has 3 aromatic heterocycles. The molecule has 6 nitrogen and oxygen atoms in total. The van der Waals surface area contributed by atoms with E-state index in [1.54, 1.807) is 0 Å². The minimum Gasteiger partial charge on any atom is -0.355 e. The van der Waals surface area contributed by atoms with Gasteiger partial charge < -0.3 is 9.97 Å². The Morgan fingerprint density at radius 2 is 0.781 bits per heavy atom. The molecular weight excluding hydrogens is 400 g/mol. The SMILES string of the molecule is C1=Cc2cc3ccc(cc4ccc(cc5nc(cc1n2)C=C5)[nH]4)[nH]3.O=C1C=CC(=O)C=C1. The Bertz CT molecular complexity index is 1390. The monoisotopic (exact) mass is 418 g/mol. The lowest BCUT2D eigenvalue weighted by molar-refractivity contribution is -0.113. The highest BCUT2D eigenvalue weighted by atomic mass is 16.1. The minimum absolute atomic E-state index is 0.121. The normalized spacial score (nSPS) is 13.9. The second-order valence-electron chi connectivity index (χ2n) is 7.38. The average Bonchev–Trinajstić information content (AvgIpc) is 3.57. The predicted octanol–water partition coefficient (Wildman–Crippen LogP) is 4.91. The zero-order valence-corrected chi connectivity index (χ0v) is 16.9. The fourth-order valence-corrected chi connectivity index (χ4v) is 3.38. The van der Waals surface area contributed by atoms with Crippen LogP contribution in [0.25, 0.3) is 46.4 Å². The van der Waals surface area contributed by atoms with E-state index in [0.717, 1.165) is 44.8 Å². The molecule has 0 amide bonds. The highest BCUT2D eigenvalue weighted by Gasteiger charge is 2.02. The molecule has 0 unspecified atom stereocenters. The third-order valence-electron chi connectivity index (χ3n) is 4.87. The molecule has 2 N–H and O–H groups in total. The van der Waals surface area contributed by atoms with Crippen LogP contribution in [0.3, 0.4) is 0 Å². The summed E-state index contributed by atoms with van der Waals surface area (Å²) in [4.78, 5) is 36.6. The van der Waals surface area contributed by atoms with E-state index in [9.17, 15) is 9.59 Å². The quantitative estimate of drug-likeness (QED) is 0.350. The standard InChI is InChI=1S/C20H14N4.C6H4O2/c1-2-14-10-16-5-6-18(23-16)12-20-8-7-19(24-20)11-17-4-3-15(22-17)9-13(1)21-14;7-5-1-2-6(8)4-3-5/h1-12,21-22H;1-4H. The van der Waals surface area contributed by atoms with E-state index in [4.69, 9.17) is 0 Å². The van der Waals surface area contributed by atoms with Gasteiger partial charge in [-0.2, -0.15) is 0 Å². The molecule has 0 saturated carbocycles. The summed E-state index contributed by atoms with van der Waals surface area (Å²) in [7, 11) is 0. The zero-order valence-electron chi connectivity index (χ0n) is 16.9. The molecule has 8 bridgehead atoms. The van der Waals surface area contributed by atoms with E-state index in [-0.39, 0.29) is 11.6 Å². The molecule has 6 rings (SSSR count). The van der Waals surface area contributed by atoms with Gasteiger partial charge in [-0.15, -0.1) is 0 Å². The summed E-state index contributed by atoms with van der Waals surface area (Å²) in [6, 6.07) is 16.4. The van der Waals surface area contributed by atoms with Gasteiger partial charge in [0.1, 0.15) is 0 Å². The van der Waals surface area contributed by atoms with Crippen LogP contribution in [0.4, 0.5) is 0 Å². The average molecular weight is 418 g/mol. The van der Waals surface area contributed by atoms with Crippen LogP contribution in [0.5, 0.6) is 0 Å². The lowest BCUT2D eigenvalue weighted by Gasteiger charge is -1.87. The second kappa shape index (κ2) is 8.28. The molecule has 0 saturated heterocycles. The Morgan fingerprint density at radius 3 is 1.19 bits per heavy atom. The number of hydrogen-bond acceptors (Lipinski definition) is 4. The minimum atomic E-state index is -0.121. The first-order valence-electron chi connectivity index (χ1n) is 10.1. The number of fused-ring (bicyclic) bond motifs is 8. The van der Waals surface area contributed by atoms with Crippen molar-refractivity contribution in [1.82, 2.24) is 19.9 Å². The van der Waals surface area contributed by atoms with Crippen molar-refractivity contribution in [3.8, 4) is 0 Å². The topological polar surface area (TPSA) is 91.5 Å². The summed E-state index contributed by atoms with van der Waals surface area (Å²) in [5.41, 5.74) is 7.86. The highest BCUT2D eigenvalue weighted by Crippen LogP contribution is 2.17. The molecule has 0 atom stereocenters. The maximum absolute atomic E-state index is 10.3. The number of aromatic nitrogens is 4. The zero-order chi connectivity index (χ0) is 21.9. The molecule has 154 valence electrons. The first kappa shape index (κ1) is 19.4. The molecule has 0 aromatic carbocycles. The first-order valence-corrected chi connectivity index (χ1v) is 10.1. The summed E-state index contributed by atoms with van der Waals surface area (Å²) in [6.45, 7) is 0. The van der Waals surface area contributed by atoms with Crippen molar-refractivity contribution < 1.29 is 9.59 Å². The van der Waals surface area contributed by atoms with Crippen LogP contribution >= 0.6 is 0 Å². The number of carbonyl (C=O) groups excluding carboxylic acids is 2. The van der Waals surface area contributed by atoms with Crippen molar-refractivity contribution in [2.75, 3.05) is 0 Å². The third-order valence-corrected chi connectivity index (χ3v) is 4.87. The van der Waals surface area contributed by atoms with E-state index < -0.39 is 0 Å². The predicted molar refractivity (Wildman–Crippen MR) is 127 cm³/mol. The summed E-state index contributed by atoms with van der Waals surface area (Å²) in [5, 5.41) is 0. The maximum Gasteiger partial charge on any atom is 0.178 e. The third kappa shape index (κ3) is 4.60. The molecule has 1 aliphatic carbocycles. The number of allylic oxidation sites excluding steroid dienone is 4. The van der Waals surface area contributed by atoms with Gasteiger partial charge in [-0.25, -0.2) is 9.97 Å². The van der Waals surface area contributed by atoms with E-state index in [2.05, 4.69) is 50.3 Å². The molecule has 0 radical (unpaired) electrons. The Kier molecular flexibility index (Phi) is 5.01. The van der Waals surface area contributed by atoms with Gasteiger partial charge in [0.05, 0.1) is 22.8 Å². The van der Waals surface area contributed by atoms with Crippen molar-refractivity contribution in [2.45, 2.75) is 0 Å². The van der Waals surface area contributed by atoms with E-state index in [0.29, 0.717) is 0 Å². The largest absolute Gasteiger partial charge is 0.355 e. The van der Waals surface area contributed by atoms with Gasteiger partial charge in [-0.05, 0) is 97.1 Å². The summed E-state index contributed by atoms with van der Waals surface area (Å²) in [5.74, 6) is -0.241. The van der Waals surface area contributed by atoms with Crippen LogP contribution in [-0.4, -0.2) is 31.5 Å². The van der Waals surface area contributed by atoms with Crippen molar-refractivity contribution in [1.29, 1.82) is 0 Å². The second-order valence-corrected chi connectivity index (χ2v) is 7.38. The van der Waals surface area contributed by atoms with Crippen molar-refractivity contribution in [3.05, 3.63) is 95.6 Å². The van der Waals surface area contributed by atoms with Crippen LogP contribution in [0.1, 0.15) is 22.8 Å². The number of H-pyrrole nitrogens is 2. The maximum atomic E-state index is 10.3. The highest BCUT2D eigenvalue weighted by molar-refractivity contribution is 6.14. The molecule has 2 aliphatic heterocycles. The van der Waals surface area contributed by atoms with Crippen molar-refractivity contribution in [2.24, 2.45) is 0 Å². The smallest absolute Gasteiger partial charge is 0.178 e. The lowest BCUT2D eigenvalue weighted by Crippen LogP contribution is -1.97. The molecule has 0 fully saturated rings.